The maximum absolute atomic E-state index is 11.6. The molecule has 0 amide bonds. The van der Waals surface area contributed by atoms with E-state index in [-0.39, 0.29) is 23.6 Å². The smallest absolute Gasteiger partial charge is 0.217 e. The molecule has 0 bridgehead atoms. The van der Waals surface area contributed by atoms with Crippen molar-refractivity contribution >= 4 is 17.1 Å². The first kappa shape index (κ1) is 16.7. The summed E-state index contributed by atoms with van der Waals surface area (Å²) in [6.45, 7) is 5.41. The number of hydrogen-bond donors (Lipinski definition) is 1. The minimum absolute atomic E-state index is 0.0858. The third-order valence-corrected chi connectivity index (χ3v) is 5.29. The van der Waals surface area contributed by atoms with Gasteiger partial charge in [0.1, 0.15) is 0 Å². The van der Waals surface area contributed by atoms with E-state index in [1.807, 2.05) is 18.3 Å². The number of anilines is 1. The standard InChI is InChI=1S/C20H22N4O2/c1-14(26)18-21-19-15(12-25)10-17(11-24(19)22-18)23-9-8-20(2,13-23)16-6-4-3-5-7-16/h3-7,10-11,25H,8-9,12-13H2,1-2H3/t20-/m0/s1. The maximum atomic E-state index is 11.6. The molecular formula is C20H22N4O2. The zero-order chi connectivity index (χ0) is 18.3. The van der Waals surface area contributed by atoms with Crippen molar-refractivity contribution in [2.75, 3.05) is 18.0 Å². The summed E-state index contributed by atoms with van der Waals surface area (Å²) >= 11 is 0. The largest absolute Gasteiger partial charge is 0.392 e. The van der Waals surface area contributed by atoms with E-state index in [0.717, 1.165) is 25.2 Å². The summed E-state index contributed by atoms with van der Waals surface area (Å²) in [6, 6.07) is 12.5. The Balaban J connectivity index is 1.70. The van der Waals surface area contributed by atoms with E-state index >= 15 is 0 Å². The van der Waals surface area contributed by atoms with Crippen molar-refractivity contribution in [1.82, 2.24) is 14.6 Å². The van der Waals surface area contributed by atoms with Gasteiger partial charge in [-0.2, -0.15) is 0 Å². The molecule has 1 aliphatic rings. The van der Waals surface area contributed by atoms with Crippen LogP contribution in [-0.2, 0) is 12.0 Å². The fraction of sp³-hybridized carbons (Fsp3) is 0.350. The van der Waals surface area contributed by atoms with Gasteiger partial charge in [0.05, 0.1) is 18.5 Å². The van der Waals surface area contributed by atoms with Gasteiger partial charge in [-0.25, -0.2) is 9.50 Å². The van der Waals surface area contributed by atoms with Gasteiger partial charge in [-0.3, -0.25) is 4.79 Å². The van der Waals surface area contributed by atoms with Crippen LogP contribution in [0.5, 0.6) is 0 Å². The Kier molecular flexibility index (Phi) is 4.00. The van der Waals surface area contributed by atoms with Gasteiger partial charge in [-0.05, 0) is 18.1 Å². The summed E-state index contributed by atoms with van der Waals surface area (Å²) in [5.74, 6) is -0.00985. The lowest BCUT2D eigenvalue weighted by Crippen LogP contribution is -2.28. The highest BCUT2D eigenvalue weighted by Gasteiger charge is 2.35. The van der Waals surface area contributed by atoms with Crippen LogP contribution in [0.1, 0.15) is 42.0 Å². The Morgan fingerprint density at radius 3 is 2.77 bits per heavy atom. The number of carbonyl (C=O) groups excluding carboxylic acids is 1. The number of nitrogens with zero attached hydrogens (tertiary/aromatic N) is 4. The molecule has 0 unspecified atom stereocenters. The topological polar surface area (TPSA) is 70.7 Å². The normalized spacial score (nSPS) is 20.0. The van der Waals surface area contributed by atoms with Gasteiger partial charge in [0.25, 0.3) is 0 Å². The van der Waals surface area contributed by atoms with Crippen molar-refractivity contribution in [1.29, 1.82) is 0 Å². The van der Waals surface area contributed by atoms with Crippen molar-refractivity contribution in [3.8, 4) is 0 Å². The highest BCUT2D eigenvalue weighted by molar-refractivity contribution is 5.90. The molecule has 1 aliphatic heterocycles. The highest BCUT2D eigenvalue weighted by atomic mass is 16.3. The van der Waals surface area contributed by atoms with Crippen LogP contribution in [0.2, 0.25) is 0 Å². The van der Waals surface area contributed by atoms with Crippen LogP contribution in [0.3, 0.4) is 0 Å². The molecule has 6 nitrogen and oxygen atoms in total. The number of ketones is 1. The van der Waals surface area contributed by atoms with Gasteiger partial charge in [0.2, 0.25) is 5.82 Å². The van der Waals surface area contributed by atoms with E-state index in [4.69, 9.17) is 0 Å². The summed E-state index contributed by atoms with van der Waals surface area (Å²) in [5.41, 5.74) is 3.62. The molecule has 0 spiro atoms. The first-order chi connectivity index (χ1) is 12.5. The molecule has 1 atom stereocenters. The van der Waals surface area contributed by atoms with E-state index in [9.17, 15) is 9.90 Å². The number of fused-ring (bicyclic) bond motifs is 1. The lowest BCUT2D eigenvalue weighted by Gasteiger charge is -2.26. The number of Topliss-reactive ketones (excluding diaryl/α,β-unsaturated/α-hetero) is 1. The van der Waals surface area contributed by atoms with Gasteiger partial charge in [-0.1, -0.05) is 37.3 Å². The SMILES string of the molecule is CC(=O)c1nc2c(CO)cc(N3CC[C@](C)(c4ccccc4)C3)cn2n1. The van der Waals surface area contributed by atoms with Crippen molar-refractivity contribution in [3.63, 3.8) is 0 Å². The molecular weight excluding hydrogens is 328 g/mol. The van der Waals surface area contributed by atoms with Crippen LogP contribution in [-0.4, -0.2) is 38.6 Å². The fourth-order valence-electron chi connectivity index (χ4n) is 3.73. The van der Waals surface area contributed by atoms with Gasteiger partial charge in [0.15, 0.2) is 11.4 Å². The van der Waals surface area contributed by atoms with Crippen LogP contribution >= 0.6 is 0 Å². The quantitative estimate of drug-likeness (QED) is 0.733. The van der Waals surface area contributed by atoms with Crippen LogP contribution in [0.15, 0.2) is 42.6 Å². The summed E-state index contributed by atoms with van der Waals surface area (Å²) < 4.78 is 1.61. The molecule has 0 aliphatic carbocycles. The summed E-state index contributed by atoms with van der Waals surface area (Å²) in [5, 5.41) is 14.0. The minimum atomic E-state index is -0.183. The number of aliphatic hydroxyl groups is 1. The van der Waals surface area contributed by atoms with Crippen molar-refractivity contribution in [2.45, 2.75) is 32.3 Å². The zero-order valence-electron chi connectivity index (χ0n) is 15.0. The van der Waals surface area contributed by atoms with Crippen LogP contribution in [0.25, 0.3) is 5.65 Å². The Hall–Kier alpha value is -2.73. The van der Waals surface area contributed by atoms with Crippen molar-refractivity contribution in [2.24, 2.45) is 0 Å². The van der Waals surface area contributed by atoms with E-state index in [1.54, 1.807) is 4.52 Å². The molecule has 0 saturated carbocycles. The summed E-state index contributed by atoms with van der Waals surface area (Å²) in [4.78, 5) is 18.1. The summed E-state index contributed by atoms with van der Waals surface area (Å²) in [6.07, 6.45) is 2.95. The number of carbonyl (C=O) groups is 1. The number of hydrogen-bond acceptors (Lipinski definition) is 5. The molecule has 3 heterocycles. The first-order valence-electron chi connectivity index (χ1n) is 8.82. The average molecular weight is 350 g/mol. The number of aliphatic hydroxyl groups excluding tert-OH is 1. The highest BCUT2D eigenvalue weighted by Crippen LogP contribution is 2.36. The fourth-order valence-corrected chi connectivity index (χ4v) is 3.73. The molecule has 1 aromatic carbocycles. The molecule has 6 heteroatoms. The Morgan fingerprint density at radius 2 is 2.08 bits per heavy atom. The van der Waals surface area contributed by atoms with E-state index in [0.29, 0.717) is 11.2 Å². The monoisotopic (exact) mass is 350 g/mol. The molecule has 2 aromatic heterocycles. The molecule has 1 fully saturated rings. The van der Waals surface area contributed by atoms with Gasteiger partial charge >= 0.3 is 0 Å². The molecule has 26 heavy (non-hydrogen) atoms. The third-order valence-electron chi connectivity index (χ3n) is 5.29. The van der Waals surface area contributed by atoms with Crippen LogP contribution < -0.4 is 4.90 Å². The average Bonchev–Trinajstić information content (AvgIpc) is 3.26. The predicted molar refractivity (Wildman–Crippen MR) is 99.5 cm³/mol. The van der Waals surface area contributed by atoms with Gasteiger partial charge < -0.3 is 10.0 Å². The third kappa shape index (κ3) is 2.76. The second kappa shape index (κ2) is 6.21. The number of rotatable bonds is 4. The van der Waals surface area contributed by atoms with Gasteiger partial charge in [0, 0.05) is 31.0 Å². The Labute approximate surface area is 152 Å². The lowest BCUT2D eigenvalue weighted by molar-refractivity contribution is 0.100. The number of pyridine rings is 1. The molecule has 134 valence electrons. The maximum Gasteiger partial charge on any atom is 0.217 e. The second-order valence-electron chi connectivity index (χ2n) is 7.24. The zero-order valence-corrected chi connectivity index (χ0v) is 15.0. The molecule has 3 aromatic rings. The predicted octanol–water partition coefficient (Wildman–Crippen LogP) is 2.59. The molecule has 4 rings (SSSR count). The van der Waals surface area contributed by atoms with Crippen molar-refractivity contribution < 1.29 is 9.90 Å². The molecule has 0 radical (unpaired) electrons. The van der Waals surface area contributed by atoms with E-state index in [2.05, 4.69) is 46.2 Å². The molecule has 1 N–H and O–H groups in total. The molecule has 1 saturated heterocycles. The van der Waals surface area contributed by atoms with Crippen molar-refractivity contribution in [3.05, 3.63) is 59.5 Å². The Bertz CT molecular complexity index is 967. The van der Waals surface area contributed by atoms with Crippen LogP contribution in [0, 0.1) is 0 Å². The van der Waals surface area contributed by atoms with Gasteiger partial charge in [-0.15, -0.1) is 5.10 Å². The number of aromatic nitrogens is 3. The van der Waals surface area contributed by atoms with Crippen LogP contribution in [0.4, 0.5) is 5.69 Å². The van der Waals surface area contributed by atoms with E-state index in [1.165, 1.54) is 12.5 Å². The Morgan fingerprint density at radius 1 is 1.31 bits per heavy atom. The second-order valence-corrected chi connectivity index (χ2v) is 7.24. The minimum Gasteiger partial charge on any atom is -0.392 e. The summed E-state index contributed by atoms with van der Waals surface area (Å²) in [7, 11) is 0. The lowest BCUT2D eigenvalue weighted by atomic mass is 9.82. The number of benzene rings is 1. The van der Waals surface area contributed by atoms with E-state index < -0.39 is 0 Å². The first-order valence-corrected chi connectivity index (χ1v) is 8.82.